The largest absolute Gasteiger partial charge is 0.468 e. The summed E-state index contributed by atoms with van der Waals surface area (Å²) in [6.45, 7) is 0. The summed E-state index contributed by atoms with van der Waals surface area (Å²) in [5, 5.41) is 0. The third-order valence-corrected chi connectivity index (χ3v) is 1.60. The van der Waals surface area contributed by atoms with Crippen LogP contribution in [0.1, 0.15) is 22.5 Å². The zero-order chi connectivity index (χ0) is 11.1. The maximum Gasteiger partial charge on any atom is 0.317 e. The average molecular weight is 203 g/mol. The first-order chi connectivity index (χ1) is 7.26. The second kappa shape index (κ2) is 5.55. The molecule has 1 rings (SSSR count). The fourth-order valence-corrected chi connectivity index (χ4v) is 0.868. The van der Waals surface area contributed by atoms with Gasteiger partial charge in [0.25, 0.3) is 0 Å². The Balaban J connectivity index is 2.71. The van der Waals surface area contributed by atoms with E-state index in [1.165, 1.54) is 13.3 Å². The quantitative estimate of drug-likeness (QED) is 0.405. The van der Waals surface area contributed by atoms with Crippen LogP contribution in [0.5, 0.6) is 0 Å². The first kappa shape index (κ1) is 10.9. The van der Waals surface area contributed by atoms with Crippen LogP contribution in [0.4, 0.5) is 0 Å². The maximum atomic E-state index is 10.7. The van der Waals surface area contributed by atoms with Gasteiger partial charge in [-0.2, -0.15) is 0 Å². The predicted octanol–water partition coefficient (Wildman–Crippen LogP) is 0.809. The molecule has 0 aromatic carbocycles. The summed E-state index contributed by atoms with van der Waals surface area (Å²) in [5.41, 5.74) is 0.968. The second-order valence-corrected chi connectivity index (χ2v) is 2.65. The van der Waals surface area contributed by atoms with Gasteiger partial charge in [0, 0.05) is 11.8 Å². The van der Waals surface area contributed by atoms with Gasteiger partial charge in [0.1, 0.15) is 18.4 Å². The van der Waals surface area contributed by atoms with E-state index in [0.29, 0.717) is 17.5 Å². The van der Waals surface area contributed by atoms with Crippen LogP contribution in [-0.2, 0) is 9.53 Å². The van der Waals surface area contributed by atoms with E-state index in [-0.39, 0.29) is 6.42 Å². The van der Waals surface area contributed by atoms with E-state index >= 15 is 0 Å². The highest BCUT2D eigenvalue weighted by atomic mass is 16.5. The Labute approximate surface area is 87.3 Å². The molecule has 0 atom stereocenters. The number of nitrogens with zero attached hydrogens (tertiary/aromatic N) is 1. The molecule has 4 nitrogen and oxygen atoms in total. The highest BCUT2D eigenvalue weighted by molar-refractivity contribution is 5.75. The predicted molar refractivity (Wildman–Crippen MR) is 53.1 cm³/mol. The molecule has 0 N–H and O–H groups in total. The topological polar surface area (TPSA) is 56.3 Å². The van der Waals surface area contributed by atoms with Crippen molar-refractivity contribution in [2.75, 3.05) is 7.11 Å². The second-order valence-electron chi connectivity index (χ2n) is 2.65. The lowest BCUT2D eigenvalue weighted by Gasteiger charge is -1.91. The van der Waals surface area contributed by atoms with Crippen LogP contribution in [0.3, 0.4) is 0 Å². The van der Waals surface area contributed by atoms with Gasteiger partial charge in [0.2, 0.25) is 0 Å². The number of pyridine rings is 1. The summed E-state index contributed by atoms with van der Waals surface area (Å²) in [6.07, 6.45) is 2.22. The molecular formula is C11H9NO3. The van der Waals surface area contributed by atoms with E-state index in [4.69, 9.17) is 0 Å². The van der Waals surface area contributed by atoms with Crippen LogP contribution in [0, 0.1) is 11.8 Å². The molecule has 0 aliphatic carbocycles. The van der Waals surface area contributed by atoms with Gasteiger partial charge in [0.15, 0.2) is 0 Å². The number of esters is 1. The zero-order valence-corrected chi connectivity index (χ0v) is 8.19. The first-order valence-corrected chi connectivity index (χ1v) is 4.23. The van der Waals surface area contributed by atoms with Crippen molar-refractivity contribution >= 4 is 12.3 Å². The Morgan fingerprint density at radius 3 is 3.13 bits per heavy atom. The van der Waals surface area contributed by atoms with Crippen molar-refractivity contribution < 1.29 is 14.3 Å². The minimum atomic E-state index is -0.394. The van der Waals surface area contributed by atoms with Crippen LogP contribution in [-0.4, -0.2) is 24.3 Å². The Morgan fingerprint density at radius 1 is 1.67 bits per heavy atom. The minimum absolute atomic E-state index is 0.0174. The SMILES string of the molecule is COC(=O)CC#Cc1cc(C=O)ccn1. The van der Waals surface area contributed by atoms with Crippen molar-refractivity contribution in [3.63, 3.8) is 0 Å². The maximum absolute atomic E-state index is 10.7. The zero-order valence-electron chi connectivity index (χ0n) is 8.19. The van der Waals surface area contributed by atoms with Crippen LogP contribution >= 0.6 is 0 Å². The minimum Gasteiger partial charge on any atom is -0.468 e. The number of hydrogen-bond donors (Lipinski definition) is 0. The van der Waals surface area contributed by atoms with E-state index in [1.54, 1.807) is 12.1 Å². The summed E-state index contributed by atoms with van der Waals surface area (Å²) in [7, 11) is 1.30. The molecule has 0 saturated heterocycles. The molecule has 0 saturated carbocycles. The third-order valence-electron chi connectivity index (χ3n) is 1.60. The first-order valence-electron chi connectivity index (χ1n) is 4.23. The summed E-state index contributed by atoms with van der Waals surface area (Å²) in [5.74, 6) is 4.87. The number of methoxy groups -OCH3 is 1. The van der Waals surface area contributed by atoms with E-state index in [0.717, 1.165) is 0 Å². The van der Waals surface area contributed by atoms with Gasteiger partial charge in [-0.1, -0.05) is 5.92 Å². The molecule has 0 spiro atoms. The summed E-state index contributed by atoms with van der Waals surface area (Å²) in [4.78, 5) is 25.1. The number of rotatable bonds is 2. The molecule has 4 heteroatoms. The van der Waals surface area contributed by atoms with Crippen molar-refractivity contribution in [1.29, 1.82) is 0 Å². The van der Waals surface area contributed by atoms with Crippen molar-refractivity contribution in [2.24, 2.45) is 0 Å². The van der Waals surface area contributed by atoms with Gasteiger partial charge >= 0.3 is 5.97 Å². The summed E-state index contributed by atoms with van der Waals surface area (Å²) >= 11 is 0. The molecule has 76 valence electrons. The molecule has 1 heterocycles. The lowest BCUT2D eigenvalue weighted by Crippen LogP contribution is -1.97. The van der Waals surface area contributed by atoms with Crippen molar-refractivity contribution in [2.45, 2.75) is 6.42 Å². The van der Waals surface area contributed by atoms with E-state index in [9.17, 15) is 9.59 Å². The van der Waals surface area contributed by atoms with Gasteiger partial charge < -0.3 is 4.74 Å². The van der Waals surface area contributed by atoms with Gasteiger partial charge in [0.05, 0.1) is 7.11 Å². The third kappa shape index (κ3) is 3.61. The Bertz CT molecular complexity index is 429. The molecule has 0 bridgehead atoms. The number of ether oxygens (including phenoxy) is 1. The number of hydrogen-bond acceptors (Lipinski definition) is 4. The molecule has 0 radical (unpaired) electrons. The Kier molecular flexibility index (Phi) is 4.05. The van der Waals surface area contributed by atoms with E-state index in [1.807, 2.05) is 0 Å². The Morgan fingerprint density at radius 2 is 2.47 bits per heavy atom. The van der Waals surface area contributed by atoms with Gasteiger partial charge in [-0.25, -0.2) is 4.98 Å². The van der Waals surface area contributed by atoms with Crippen LogP contribution in [0.15, 0.2) is 18.3 Å². The van der Waals surface area contributed by atoms with E-state index in [2.05, 4.69) is 21.6 Å². The normalized spacial score (nSPS) is 8.60. The molecule has 0 unspecified atom stereocenters. The molecule has 0 aliphatic rings. The smallest absolute Gasteiger partial charge is 0.317 e. The van der Waals surface area contributed by atoms with Gasteiger partial charge in [-0.3, -0.25) is 9.59 Å². The number of aromatic nitrogens is 1. The van der Waals surface area contributed by atoms with Gasteiger partial charge in [-0.05, 0) is 18.1 Å². The lowest BCUT2D eigenvalue weighted by atomic mass is 10.2. The molecule has 0 amide bonds. The molecule has 1 aromatic heterocycles. The Hall–Kier alpha value is -2.15. The molecule has 0 fully saturated rings. The average Bonchev–Trinajstić information content (AvgIpc) is 2.29. The molecular weight excluding hydrogens is 194 g/mol. The number of carbonyl (C=O) groups excluding carboxylic acids is 2. The van der Waals surface area contributed by atoms with Crippen molar-refractivity contribution in [3.8, 4) is 11.8 Å². The van der Waals surface area contributed by atoms with Crippen molar-refractivity contribution in [3.05, 3.63) is 29.6 Å². The summed E-state index contributed by atoms with van der Waals surface area (Å²) < 4.78 is 4.42. The molecule has 15 heavy (non-hydrogen) atoms. The van der Waals surface area contributed by atoms with E-state index < -0.39 is 5.97 Å². The highest BCUT2D eigenvalue weighted by Gasteiger charge is 1.95. The molecule has 0 aliphatic heterocycles. The fourth-order valence-electron chi connectivity index (χ4n) is 0.868. The van der Waals surface area contributed by atoms with Crippen LogP contribution in [0.25, 0.3) is 0 Å². The fraction of sp³-hybridized carbons (Fsp3) is 0.182. The van der Waals surface area contributed by atoms with Gasteiger partial charge in [-0.15, -0.1) is 0 Å². The highest BCUT2D eigenvalue weighted by Crippen LogP contribution is 1.97. The molecule has 1 aromatic rings. The van der Waals surface area contributed by atoms with Crippen molar-refractivity contribution in [1.82, 2.24) is 4.98 Å². The number of carbonyl (C=O) groups is 2. The number of aldehydes is 1. The lowest BCUT2D eigenvalue weighted by molar-refractivity contribution is -0.139. The standard InChI is InChI=1S/C11H9NO3/c1-15-11(14)4-2-3-10-7-9(8-13)5-6-12-10/h5-8H,4H2,1H3. The summed E-state index contributed by atoms with van der Waals surface area (Å²) in [6, 6.07) is 3.13. The monoisotopic (exact) mass is 203 g/mol. The van der Waals surface area contributed by atoms with Crippen LogP contribution < -0.4 is 0 Å². The van der Waals surface area contributed by atoms with Crippen LogP contribution in [0.2, 0.25) is 0 Å².